The highest BCUT2D eigenvalue weighted by atomic mass is 16.6. The Morgan fingerprint density at radius 3 is 2.42 bits per heavy atom. The van der Waals surface area contributed by atoms with Gasteiger partial charge in [0.2, 0.25) is 0 Å². The van der Waals surface area contributed by atoms with Gasteiger partial charge in [-0.1, -0.05) is 0 Å². The minimum Gasteiger partial charge on any atom is -0.450 e. The Bertz CT molecular complexity index is 212. The minimum absolute atomic E-state index is 0.678. The normalized spacial score (nSPS) is 31.9. The van der Waals surface area contributed by atoms with Crippen LogP contribution < -0.4 is 0 Å². The van der Waals surface area contributed by atoms with E-state index in [-0.39, 0.29) is 0 Å². The number of cyclic esters (lactones) is 1. The molecule has 12 heavy (non-hydrogen) atoms. The fraction of sp³-hybridized carbons (Fsp3) is 0.667. The maximum absolute atomic E-state index is 10.6. The number of aliphatic hydroxyl groups is 3. The van der Waals surface area contributed by atoms with Gasteiger partial charge in [-0.25, -0.2) is 4.79 Å². The van der Waals surface area contributed by atoms with Crippen LogP contribution in [0.5, 0.6) is 0 Å². The Morgan fingerprint density at radius 2 is 2.08 bits per heavy atom. The van der Waals surface area contributed by atoms with Gasteiger partial charge in [-0.05, 0) is 0 Å². The maximum Gasteiger partial charge on any atom is 0.378 e. The van der Waals surface area contributed by atoms with Crippen molar-refractivity contribution in [2.24, 2.45) is 0 Å². The second-order valence-electron chi connectivity index (χ2n) is 2.43. The molecular weight excluding hydrogens is 168 g/mol. The van der Waals surface area contributed by atoms with E-state index < -0.39 is 36.7 Å². The highest BCUT2D eigenvalue weighted by Crippen LogP contribution is 2.14. The van der Waals surface area contributed by atoms with Crippen molar-refractivity contribution in [2.75, 3.05) is 6.61 Å². The number of ketones is 1. The van der Waals surface area contributed by atoms with Crippen LogP contribution in [0.3, 0.4) is 0 Å². The number of hydrogen-bond donors (Lipinski definition) is 3. The molecule has 3 N–H and O–H groups in total. The quantitative estimate of drug-likeness (QED) is 0.310. The molecule has 68 valence electrons. The number of carbonyl (C=O) groups is 2. The van der Waals surface area contributed by atoms with E-state index in [2.05, 4.69) is 4.74 Å². The van der Waals surface area contributed by atoms with E-state index in [0.29, 0.717) is 0 Å². The van der Waals surface area contributed by atoms with Gasteiger partial charge in [0.1, 0.15) is 6.10 Å². The van der Waals surface area contributed by atoms with Crippen molar-refractivity contribution < 1.29 is 29.6 Å². The summed E-state index contributed by atoms with van der Waals surface area (Å²) in [5, 5.41) is 26.3. The van der Waals surface area contributed by atoms with E-state index in [0.717, 1.165) is 0 Å². The number of hydrogen-bond acceptors (Lipinski definition) is 6. The van der Waals surface area contributed by atoms with Crippen molar-refractivity contribution in [1.29, 1.82) is 0 Å². The summed E-state index contributed by atoms with van der Waals surface area (Å²) in [7, 11) is 0. The van der Waals surface area contributed by atoms with Crippen LogP contribution in [0.2, 0.25) is 0 Å². The monoisotopic (exact) mass is 176 g/mol. The molecule has 1 aliphatic rings. The zero-order chi connectivity index (χ0) is 9.30. The van der Waals surface area contributed by atoms with Gasteiger partial charge in [-0.3, -0.25) is 4.79 Å². The van der Waals surface area contributed by atoms with E-state index in [9.17, 15) is 9.59 Å². The van der Waals surface area contributed by atoms with Gasteiger partial charge in [0.15, 0.2) is 12.2 Å². The summed E-state index contributed by atoms with van der Waals surface area (Å²) in [4.78, 5) is 21.1. The average molecular weight is 176 g/mol. The Balaban J connectivity index is 2.70. The lowest BCUT2D eigenvalue weighted by Crippen LogP contribution is -2.38. The second-order valence-corrected chi connectivity index (χ2v) is 2.43. The van der Waals surface area contributed by atoms with E-state index >= 15 is 0 Å². The standard InChI is InChI=1S/C6H8O6/c7-1-2(8)5-3(9)4(10)6(11)12-5/h2-3,5,7-9H,1H2/t2-,3+,5+/m1/s1. The first kappa shape index (κ1) is 9.11. The molecule has 6 nitrogen and oxygen atoms in total. The zero-order valence-corrected chi connectivity index (χ0v) is 6.01. The molecule has 0 bridgehead atoms. The summed E-state index contributed by atoms with van der Waals surface area (Å²) >= 11 is 0. The highest BCUT2D eigenvalue weighted by molar-refractivity contribution is 6.37. The molecule has 0 aromatic carbocycles. The molecule has 1 aliphatic heterocycles. The van der Waals surface area contributed by atoms with E-state index in [1.807, 2.05) is 0 Å². The molecule has 6 heteroatoms. The molecule has 0 amide bonds. The number of esters is 1. The van der Waals surface area contributed by atoms with E-state index in [4.69, 9.17) is 15.3 Å². The predicted molar refractivity (Wildman–Crippen MR) is 34.0 cm³/mol. The van der Waals surface area contributed by atoms with Crippen LogP contribution in [0.4, 0.5) is 0 Å². The van der Waals surface area contributed by atoms with Crippen LogP contribution >= 0.6 is 0 Å². The third kappa shape index (κ3) is 1.31. The first-order valence-corrected chi connectivity index (χ1v) is 3.29. The van der Waals surface area contributed by atoms with Crippen LogP contribution in [0, 0.1) is 0 Å². The number of carbonyl (C=O) groups excluding carboxylic acids is 2. The smallest absolute Gasteiger partial charge is 0.378 e. The van der Waals surface area contributed by atoms with Gasteiger partial charge in [-0.15, -0.1) is 0 Å². The van der Waals surface area contributed by atoms with Crippen LogP contribution in [0.25, 0.3) is 0 Å². The largest absolute Gasteiger partial charge is 0.450 e. The topological polar surface area (TPSA) is 104 Å². The molecule has 0 aliphatic carbocycles. The molecule has 1 heterocycles. The number of aliphatic hydroxyl groups excluding tert-OH is 3. The molecular formula is C6H8O6. The second kappa shape index (κ2) is 3.18. The molecule has 3 atom stereocenters. The molecule has 0 radical (unpaired) electrons. The molecule has 1 fully saturated rings. The van der Waals surface area contributed by atoms with Crippen LogP contribution in [-0.4, -0.2) is 52.0 Å². The van der Waals surface area contributed by atoms with Crippen molar-refractivity contribution in [2.45, 2.75) is 18.3 Å². The number of Topliss-reactive ketones (excluding diaryl/α,β-unsaturated/α-hetero) is 1. The van der Waals surface area contributed by atoms with Gasteiger partial charge >= 0.3 is 5.97 Å². The van der Waals surface area contributed by atoms with Gasteiger partial charge in [0.05, 0.1) is 6.61 Å². The fourth-order valence-corrected chi connectivity index (χ4v) is 0.909. The summed E-state index contributed by atoms with van der Waals surface area (Å²) in [6.45, 7) is -0.678. The van der Waals surface area contributed by atoms with Crippen molar-refractivity contribution in [1.82, 2.24) is 0 Å². The lowest BCUT2D eigenvalue weighted by molar-refractivity contribution is -0.152. The predicted octanol–water partition coefficient (Wildman–Crippen LogP) is -2.81. The van der Waals surface area contributed by atoms with Crippen molar-refractivity contribution in [3.8, 4) is 0 Å². The molecule has 1 rings (SSSR count). The molecule has 0 spiro atoms. The Labute approximate surface area is 67.4 Å². The number of rotatable bonds is 2. The third-order valence-electron chi connectivity index (χ3n) is 1.59. The molecule has 0 saturated carbocycles. The van der Waals surface area contributed by atoms with Crippen LogP contribution in [-0.2, 0) is 14.3 Å². The summed E-state index contributed by atoms with van der Waals surface area (Å²) in [5.74, 6) is -2.27. The van der Waals surface area contributed by atoms with Crippen molar-refractivity contribution >= 4 is 11.8 Å². The Morgan fingerprint density at radius 1 is 1.50 bits per heavy atom. The Hall–Kier alpha value is -0.980. The molecule has 0 unspecified atom stereocenters. The summed E-state index contributed by atoms with van der Waals surface area (Å²) < 4.78 is 4.29. The summed E-state index contributed by atoms with van der Waals surface area (Å²) in [6.07, 6.45) is -4.43. The van der Waals surface area contributed by atoms with Crippen LogP contribution in [0.1, 0.15) is 0 Å². The average Bonchev–Trinajstić information content (AvgIpc) is 2.32. The molecule has 0 aromatic rings. The number of ether oxygens (including phenoxy) is 1. The van der Waals surface area contributed by atoms with Gasteiger partial charge in [0.25, 0.3) is 5.78 Å². The lowest BCUT2D eigenvalue weighted by atomic mass is 10.1. The van der Waals surface area contributed by atoms with Gasteiger partial charge in [-0.2, -0.15) is 0 Å². The first-order valence-electron chi connectivity index (χ1n) is 3.29. The highest BCUT2D eigenvalue weighted by Gasteiger charge is 2.45. The minimum atomic E-state index is -1.67. The van der Waals surface area contributed by atoms with Gasteiger partial charge in [0, 0.05) is 0 Å². The lowest BCUT2D eigenvalue weighted by Gasteiger charge is -2.15. The summed E-state index contributed by atoms with van der Waals surface area (Å²) in [5.41, 5.74) is 0. The molecule has 0 aromatic heterocycles. The van der Waals surface area contributed by atoms with E-state index in [1.165, 1.54) is 0 Å². The van der Waals surface area contributed by atoms with Crippen LogP contribution in [0.15, 0.2) is 0 Å². The summed E-state index contributed by atoms with van der Waals surface area (Å²) in [6, 6.07) is 0. The maximum atomic E-state index is 10.6. The molecule has 1 saturated heterocycles. The SMILES string of the molecule is O=C1O[C@@H]([C@H](O)CO)[C@@H](O)C1=O. The van der Waals surface area contributed by atoms with Crippen molar-refractivity contribution in [3.63, 3.8) is 0 Å². The Kier molecular flexibility index (Phi) is 2.41. The third-order valence-corrected chi connectivity index (χ3v) is 1.59. The van der Waals surface area contributed by atoms with Crippen molar-refractivity contribution in [3.05, 3.63) is 0 Å². The fourth-order valence-electron chi connectivity index (χ4n) is 0.909. The van der Waals surface area contributed by atoms with E-state index in [1.54, 1.807) is 0 Å². The zero-order valence-electron chi connectivity index (χ0n) is 6.01. The van der Waals surface area contributed by atoms with Gasteiger partial charge < -0.3 is 20.1 Å². The first-order chi connectivity index (χ1) is 5.57.